The summed E-state index contributed by atoms with van der Waals surface area (Å²) in [5.41, 5.74) is 1.00. The van der Waals surface area contributed by atoms with Gasteiger partial charge in [0, 0.05) is 13.6 Å². The number of rotatable bonds is 1. The molecular formula is C8H5BrIN3S. The first kappa shape index (κ1) is 10.3. The van der Waals surface area contributed by atoms with E-state index >= 15 is 0 Å². The first-order valence-corrected chi connectivity index (χ1v) is 6.05. The first-order valence-electron chi connectivity index (χ1n) is 3.77. The van der Waals surface area contributed by atoms with E-state index in [1.807, 2.05) is 18.2 Å². The summed E-state index contributed by atoms with van der Waals surface area (Å²) in [6.07, 6.45) is 0. The van der Waals surface area contributed by atoms with Gasteiger partial charge < -0.3 is 0 Å². The molecule has 6 heteroatoms. The minimum atomic E-state index is 0.464. The Morgan fingerprint density at radius 1 is 1.36 bits per heavy atom. The predicted molar refractivity (Wildman–Crippen MR) is 69.6 cm³/mol. The summed E-state index contributed by atoms with van der Waals surface area (Å²) in [6, 6.07) is 6.05. The van der Waals surface area contributed by atoms with E-state index in [1.54, 1.807) is 0 Å². The number of hydrogen-bond acceptors (Lipinski definition) is 2. The van der Waals surface area contributed by atoms with Gasteiger partial charge in [0.15, 0.2) is 5.82 Å². The number of hydrogen-bond donors (Lipinski definition) is 2. The summed E-state index contributed by atoms with van der Waals surface area (Å²) < 4.78 is 2.62. The highest BCUT2D eigenvalue weighted by Gasteiger charge is 2.06. The van der Waals surface area contributed by atoms with E-state index in [4.69, 9.17) is 12.2 Å². The van der Waals surface area contributed by atoms with Gasteiger partial charge in [0.05, 0.1) is 0 Å². The molecule has 0 saturated carbocycles. The van der Waals surface area contributed by atoms with Gasteiger partial charge in [-0.15, -0.1) is 0 Å². The van der Waals surface area contributed by atoms with Gasteiger partial charge in [-0.05, 0) is 53.0 Å². The van der Waals surface area contributed by atoms with Crippen LogP contribution < -0.4 is 0 Å². The summed E-state index contributed by atoms with van der Waals surface area (Å²) in [5, 5.41) is 5.69. The Morgan fingerprint density at radius 2 is 2.14 bits per heavy atom. The summed E-state index contributed by atoms with van der Waals surface area (Å²) in [4.78, 5) is 4.15. The van der Waals surface area contributed by atoms with Crippen molar-refractivity contribution < 1.29 is 0 Å². The monoisotopic (exact) mass is 381 g/mol. The molecule has 0 aliphatic heterocycles. The molecule has 14 heavy (non-hydrogen) atoms. The van der Waals surface area contributed by atoms with Crippen molar-refractivity contribution in [2.45, 2.75) is 0 Å². The van der Waals surface area contributed by atoms with Gasteiger partial charge in [0.2, 0.25) is 4.77 Å². The summed E-state index contributed by atoms with van der Waals surface area (Å²) >= 11 is 10.6. The van der Waals surface area contributed by atoms with Crippen LogP contribution in [0.3, 0.4) is 0 Å². The fraction of sp³-hybridized carbons (Fsp3) is 0. The average Bonchev–Trinajstić information content (AvgIpc) is 2.56. The zero-order valence-electron chi connectivity index (χ0n) is 6.84. The Balaban J connectivity index is 2.61. The van der Waals surface area contributed by atoms with Gasteiger partial charge >= 0.3 is 0 Å². The van der Waals surface area contributed by atoms with Crippen LogP contribution in [0.15, 0.2) is 22.7 Å². The Hall–Kier alpha value is -0.210. The first-order chi connectivity index (χ1) is 6.66. The van der Waals surface area contributed by atoms with Crippen molar-refractivity contribution in [1.82, 2.24) is 15.2 Å². The van der Waals surface area contributed by atoms with Gasteiger partial charge in [-0.25, -0.2) is 0 Å². The maximum Gasteiger partial charge on any atom is 0.213 e. The molecule has 72 valence electrons. The lowest BCUT2D eigenvalue weighted by Crippen LogP contribution is -1.84. The lowest BCUT2D eigenvalue weighted by atomic mass is 10.2. The third-order valence-corrected chi connectivity index (χ3v) is 3.24. The quantitative estimate of drug-likeness (QED) is 0.586. The van der Waals surface area contributed by atoms with Crippen LogP contribution >= 0.6 is 50.7 Å². The highest BCUT2D eigenvalue weighted by atomic mass is 127. The van der Waals surface area contributed by atoms with Gasteiger partial charge in [0.25, 0.3) is 0 Å². The van der Waals surface area contributed by atoms with E-state index in [0.717, 1.165) is 19.4 Å². The maximum atomic E-state index is 4.89. The van der Waals surface area contributed by atoms with Crippen LogP contribution in [0, 0.1) is 8.34 Å². The zero-order valence-corrected chi connectivity index (χ0v) is 11.4. The molecule has 0 fully saturated rings. The Morgan fingerprint density at radius 3 is 2.79 bits per heavy atom. The van der Waals surface area contributed by atoms with E-state index in [0.29, 0.717) is 4.77 Å². The Bertz CT molecular complexity index is 519. The molecule has 0 aliphatic rings. The van der Waals surface area contributed by atoms with Crippen molar-refractivity contribution in [2.24, 2.45) is 0 Å². The van der Waals surface area contributed by atoms with E-state index in [2.05, 4.69) is 53.7 Å². The number of H-pyrrole nitrogens is 2. The molecule has 3 nitrogen and oxygen atoms in total. The summed E-state index contributed by atoms with van der Waals surface area (Å²) in [7, 11) is 0. The molecule has 0 atom stereocenters. The highest BCUT2D eigenvalue weighted by molar-refractivity contribution is 14.1. The third-order valence-electron chi connectivity index (χ3n) is 1.68. The normalized spacial score (nSPS) is 10.4. The Kier molecular flexibility index (Phi) is 3.03. The number of halogens is 2. The van der Waals surface area contributed by atoms with Crippen molar-refractivity contribution in [2.75, 3.05) is 0 Å². The number of aromatic nitrogens is 3. The SMILES string of the molecule is S=c1nc(-c2cc(I)ccc2Br)[nH][nH]1. The van der Waals surface area contributed by atoms with Crippen molar-refractivity contribution in [3.8, 4) is 11.4 Å². The average molecular weight is 382 g/mol. The molecule has 2 N–H and O–H groups in total. The molecule has 1 aromatic heterocycles. The highest BCUT2D eigenvalue weighted by Crippen LogP contribution is 2.26. The van der Waals surface area contributed by atoms with E-state index < -0.39 is 0 Å². The van der Waals surface area contributed by atoms with Crippen LogP contribution in [-0.4, -0.2) is 15.2 Å². The molecule has 0 aliphatic carbocycles. The van der Waals surface area contributed by atoms with Gasteiger partial charge in [-0.2, -0.15) is 4.98 Å². The molecule has 0 saturated heterocycles. The molecule has 0 spiro atoms. The van der Waals surface area contributed by atoms with Crippen LogP contribution in [0.1, 0.15) is 0 Å². The van der Waals surface area contributed by atoms with Crippen LogP contribution in [0.25, 0.3) is 11.4 Å². The standard InChI is InChI=1S/C8H5BrIN3S/c9-6-2-1-4(10)3-5(6)7-11-8(14)13-12-7/h1-3H,(H2,11,12,13,14). The molecule has 2 aromatic rings. The van der Waals surface area contributed by atoms with Gasteiger partial charge in [-0.1, -0.05) is 15.9 Å². The van der Waals surface area contributed by atoms with Gasteiger partial charge in [0.1, 0.15) is 0 Å². The largest absolute Gasteiger partial charge is 0.282 e. The number of benzene rings is 1. The molecule has 1 heterocycles. The van der Waals surface area contributed by atoms with Crippen molar-refractivity contribution in [1.29, 1.82) is 0 Å². The molecule has 0 bridgehead atoms. The van der Waals surface area contributed by atoms with Crippen molar-refractivity contribution in [3.63, 3.8) is 0 Å². The van der Waals surface area contributed by atoms with Crippen molar-refractivity contribution >= 4 is 50.7 Å². The lowest BCUT2D eigenvalue weighted by molar-refractivity contribution is 1.08. The van der Waals surface area contributed by atoms with Crippen LogP contribution in [0.4, 0.5) is 0 Å². The van der Waals surface area contributed by atoms with E-state index in [9.17, 15) is 0 Å². The maximum absolute atomic E-state index is 4.89. The van der Waals surface area contributed by atoms with Gasteiger partial charge in [-0.3, -0.25) is 10.2 Å². The Labute approximate surface area is 108 Å². The molecular weight excluding hydrogens is 377 g/mol. The topological polar surface area (TPSA) is 44.5 Å². The van der Waals surface area contributed by atoms with Crippen LogP contribution in [-0.2, 0) is 0 Å². The zero-order chi connectivity index (χ0) is 10.1. The van der Waals surface area contributed by atoms with Crippen LogP contribution in [0.2, 0.25) is 0 Å². The summed E-state index contributed by atoms with van der Waals surface area (Å²) in [6.45, 7) is 0. The second-order valence-corrected chi connectivity index (χ2v) is 5.13. The number of nitrogens with zero attached hydrogens (tertiary/aromatic N) is 1. The molecule has 0 radical (unpaired) electrons. The fourth-order valence-corrected chi connectivity index (χ4v) is 2.14. The van der Waals surface area contributed by atoms with E-state index in [-0.39, 0.29) is 0 Å². The number of nitrogens with one attached hydrogen (secondary N) is 2. The molecule has 2 rings (SSSR count). The van der Waals surface area contributed by atoms with Crippen molar-refractivity contribution in [3.05, 3.63) is 31.0 Å². The third kappa shape index (κ3) is 2.06. The molecule has 0 amide bonds. The van der Waals surface area contributed by atoms with E-state index in [1.165, 1.54) is 0 Å². The fourth-order valence-electron chi connectivity index (χ4n) is 1.08. The minimum absolute atomic E-state index is 0.464. The second-order valence-electron chi connectivity index (χ2n) is 2.64. The van der Waals surface area contributed by atoms with Crippen LogP contribution in [0.5, 0.6) is 0 Å². The molecule has 0 unspecified atom stereocenters. The smallest absolute Gasteiger partial charge is 0.213 e. The molecule has 1 aromatic carbocycles. The second kappa shape index (κ2) is 4.11. The predicted octanol–water partition coefficient (Wildman–Crippen LogP) is 3.50. The lowest BCUT2D eigenvalue weighted by Gasteiger charge is -2.00. The minimum Gasteiger partial charge on any atom is -0.282 e. The summed E-state index contributed by atoms with van der Waals surface area (Å²) in [5.74, 6) is 0.750. The number of aromatic amines is 2.